The highest BCUT2D eigenvalue weighted by atomic mass is 19.1. The second-order valence-electron chi connectivity index (χ2n) is 11.6. The zero-order chi connectivity index (χ0) is 30.0. The highest BCUT2D eigenvalue weighted by Gasteiger charge is 2.52. The van der Waals surface area contributed by atoms with Gasteiger partial charge in [0.1, 0.15) is 11.6 Å². The number of hydrogen-bond donors (Lipinski definition) is 1. The van der Waals surface area contributed by atoms with Crippen molar-refractivity contribution in [2.24, 2.45) is 0 Å². The van der Waals surface area contributed by atoms with Crippen LogP contribution in [0.3, 0.4) is 0 Å². The summed E-state index contributed by atoms with van der Waals surface area (Å²) < 4.78 is 37.6. The number of carbonyl (C=O) groups is 2. The quantitative estimate of drug-likeness (QED) is 0.253. The van der Waals surface area contributed by atoms with E-state index in [2.05, 4.69) is 29.9 Å². The summed E-state index contributed by atoms with van der Waals surface area (Å²) in [7, 11) is 3.39. The van der Waals surface area contributed by atoms with E-state index >= 15 is 4.39 Å². The number of rotatable bonds is 11. The first-order chi connectivity index (χ1) is 20.8. The summed E-state index contributed by atoms with van der Waals surface area (Å²) in [5.41, 5.74) is 1.09. The minimum Gasteiger partial charge on any atom is -0.480 e. The van der Waals surface area contributed by atoms with Gasteiger partial charge in [0, 0.05) is 25.1 Å². The topological polar surface area (TPSA) is 125 Å². The second-order valence-corrected chi connectivity index (χ2v) is 11.6. The highest BCUT2D eigenvalue weighted by Crippen LogP contribution is 2.49. The Morgan fingerprint density at radius 1 is 1.14 bits per heavy atom. The maximum absolute atomic E-state index is 15.1. The molecule has 1 amide bonds. The van der Waals surface area contributed by atoms with Crippen LogP contribution in [0.4, 0.5) is 16.0 Å². The molecule has 0 radical (unpaired) electrons. The largest absolute Gasteiger partial charge is 0.480 e. The molecule has 1 N–H and O–H groups in total. The van der Waals surface area contributed by atoms with Gasteiger partial charge in [-0.15, -0.1) is 0 Å². The van der Waals surface area contributed by atoms with Crippen LogP contribution < -0.4 is 19.7 Å². The Morgan fingerprint density at radius 3 is 2.74 bits per heavy atom. The molecule has 3 aliphatic heterocycles. The molecular formula is C31H36FN5O6. The summed E-state index contributed by atoms with van der Waals surface area (Å²) in [6.07, 6.45) is 7.58. The van der Waals surface area contributed by atoms with E-state index in [1.165, 1.54) is 13.3 Å². The molecule has 1 saturated carbocycles. The van der Waals surface area contributed by atoms with Crippen molar-refractivity contribution in [1.82, 2.24) is 15.0 Å². The number of nitrogens with zero attached hydrogens (tertiary/aromatic N) is 4. The van der Waals surface area contributed by atoms with Crippen LogP contribution in [-0.2, 0) is 25.5 Å². The van der Waals surface area contributed by atoms with Gasteiger partial charge in [0.05, 0.1) is 48.7 Å². The molecule has 1 aliphatic carbocycles. The number of esters is 1. The molecular weight excluding hydrogens is 557 g/mol. The number of methoxy groups -OCH3 is 1. The molecule has 0 unspecified atom stereocenters. The van der Waals surface area contributed by atoms with Crippen molar-refractivity contribution in [3.63, 3.8) is 0 Å². The number of unbranched alkanes of at least 4 members (excludes halogenated alkanes) is 1. The van der Waals surface area contributed by atoms with Gasteiger partial charge in [-0.1, -0.05) is 0 Å². The third kappa shape index (κ3) is 5.93. The molecule has 7 rings (SSSR count). The van der Waals surface area contributed by atoms with Crippen molar-refractivity contribution in [1.29, 1.82) is 0 Å². The summed E-state index contributed by atoms with van der Waals surface area (Å²) in [4.78, 5) is 38.7. The van der Waals surface area contributed by atoms with Gasteiger partial charge in [-0.25, -0.2) is 14.4 Å². The number of aryl methyl sites for hydroxylation is 1. The fraction of sp³-hybridized carbons (Fsp3) is 0.516. The van der Waals surface area contributed by atoms with Crippen molar-refractivity contribution >= 4 is 34.5 Å². The number of nitrogens with one attached hydrogen (secondary N) is 1. The van der Waals surface area contributed by atoms with Crippen molar-refractivity contribution in [2.75, 3.05) is 44.2 Å². The number of halogens is 1. The Hall–Kier alpha value is -4.06. The van der Waals surface area contributed by atoms with E-state index in [-0.39, 0.29) is 35.4 Å². The summed E-state index contributed by atoms with van der Waals surface area (Å²) in [6, 6.07) is 7.27. The van der Waals surface area contributed by atoms with Gasteiger partial charge in [-0.05, 0) is 69.6 Å². The molecule has 43 heavy (non-hydrogen) atoms. The SMILES string of the molecule is COC(=O)CCCCOc1ccc2ncc(F)c(CCC34CCC(N(C)c5ccc6c(n5)NC(=O)CO6)(CC3)CO4)c2n1. The fourth-order valence-corrected chi connectivity index (χ4v) is 6.28. The maximum atomic E-state index is 15.1. The zero-order valence-electron chi connectivity index (χ0n) is 24.5. The number of likely N-dealkylation sites (N-methyl/N-ethyl adjacent to an activating group) is 1. The summed E-state index contributed by atoms with van der Waals surface area (Å²) in [5.74, 6) is 1.31. The van der Waals surface area contributed by atoms with Crippen LogP contribution in [-0.4, -0.2) is 71.9 Å². The lowest BCUT2D eigenvalue weighted by Gasteiger charge is -2.56. The van der Waals surface area contributed by atoms with Crippen LogP contribution in [0, 0.1) is 5.82 Å². The van der Waals surface area contributed by atoms with E-state index in [9.17, 15) is 9.59 Å². The molecule has 0 atom stereocenters. The predicted octanol–water partition coefficient (Wildman–Crippen LogP) is 4.37. The molecule has 2 bridgehead atoms. The van der Waals surface area contributed by atoms with E-state index in [0.29, 0.717) is 79.4 Å². The van der Waals surface area contributed by atoms with Crippen molar-refractivity contribution in [2.45, 2.75) is 68.9 Å². The maximum Gasteiger partial charge on any atom is 0.305 e. The Labute approximate surface area is 249 Å². The molecule has 6 heterocycles. The molecule has 3 aromatic heterocycles. The first-order valence-corrected chi connectivity index (χ1v) is 14.8. The van der Waals surface area contributed by atoms with Crippen LogP contribution >= 0.6 is 0 Å². The Morgan fingerprint density at radius 2 is 1.98 bits per heavy atom. The molecule has 3 aromatic rings. The smallest absolute Gasteiger partial charge is 0.305 e. The number of hydrogen-bond acceptors (Lipinski definition) is 10. The Balaban J connectivity index is 1.10. The Kier molecular flexibility index (Phi) is 8.04. The summed E-state index contributed by atoms with van der Waals surface area (Å²) in [6.45, 7) is 0.925. The standard InChI is InChI=1S/C31H36FN5O6/c1-37(24-8-7-23-29(34-24)35-25(38)18-42-23)30-12-14-31(15-13-30,43-19-30)11-10-20-21(32)17-33-22-6-9-26(36-28(20)22)41-16-4-3-5-27(39)40-2/h6-9,17H,3-5,10-16,18-19H2,1-2H3,(H,34,35,38). The van der Waals surface area contributed by atoms with Crippen LogP contribution in [0.25, 0.3) is 11.0 Å². The number of fused-ring (bicyclic) bond motifs is 5. The van der Waals surface area contributed by atoms with Gasteiger partial charge in [0.25, 0.3) is 5.91 Å². The molecule has 12 heteroatoms. The molecule has 2 saturated heterocycles. The minimum atomic E-state index is -0.387. The van der Waals surface area contributed by atoms with Gasteiger partial charge in [0.2, 0.25) is 5.88 Å². The van der Waals surface area contributed by atoms with E-state index in [1.54, 1.807) is 12.1 Å². The highest BCUT2D eigenvalue weighted by molar-refractivity contribution is 5.94. The number of pyridine rings is 3. The average Bonchev–Trinajstić information content (AvgIpc) is 3.04. The zero-order valence-corrected chi connectivity index (χ0v) is 24.5. The van der Waals surface area contributed by atoms with Crippen molar-refractivity contribution < 1.29 is 32.9 Å². The normalized spacial score (nSPS) is 22.4. The third-order valence-electron chi connectivity index (χ3n) is 9.08. The van der Waals surface area contributed by atoms with Gasteiger partial charge in [0.15, 0.2) is 18.2 Å². The molecule has 3 fully saturated rings. The van der Waals surface area contributed by atoms with Crippen molar-refractivity contribution in [3.05, 3.63) is 41.8 Å². The lowest BCUT2D eigenvalue weighted by atomic mass is 9.68. The number of carbonyl (C=O) groups excluding carboxylic acids is 2. The second kappa shape index (κ2) is 11.9. The molecule has 4 aliphatic rings. The predicted molar refractivity (Wildman–Crippen MR) is 156 cm³/mol. The third-order valence-corrected chi connectivity index (χ3v) is 9.08. The number of amides is 1. The number of ether oxygens (including phenoxy) is 4. The van der Waals surface area contributed by atoms with E-state index in [4.69, 9.17) is 14.2 Å². The monoisotopic (exact) mass is 593 g/mol. The molecule has 0 aromatic carbocycles. The average molecular weight is 594 g/mol. The first kappa shape index (κ1) is 29.0. The van der Waals surface area contributed by atoms with Crippen LogP contribution in [0.5, 0.6) is 11.6 Å². The van der Waals surface area contributed by atoms with Gasteiger partial charge in [-0.3, -0.25) is 14.6 Å². The van der Waals surface area contributed by atoms with E-state index < -0.39 is 0 Å². The number of aromatic nitrogens is 3. The molecule has 11 nitrogen and oxygen atoms in total. The fourth-order valence-electron chi connectivity index (χ4n) is 6.28. The van der Waals surface area contributed by atoms with Crippen LogP contribution in [0.2, 0.25) is 0 Å². The molecule has 0 spiro atoms. The van der Waals surface area contributed by atoms with E-state index in [1.807, 2.05) is 19.2 Å². The number of anilines is 2. The van der Waals surface area contributed by atoms with Crippen molar-refractivity contribution in [3.8, 4) is 11.6 Å². The Bertz CT molecular complexity index is 1510. The molecule has 228 valence electrons. The first-order valence-electron chi connectivity index (χ1n) is 14.8. The van der Waals surface area contributed by atoms with Gasteiger partial charge < -0.3 is 29.2 Å². The summed E-state index contributed by atoms with van der Waals surface area (Å²) in [5, 5.41) is 2.78. The lowest BCUT2D eigenvalue weighted by molar-refractivity contribution is -0.156. The van der Waals surface area contributed by atoms with Gasteiger partial charge in [-0.2, -0.15) is 0 Å². The van der Waals surface area contributed by atoms with Gasteiger partial charge >= 0.3 is 5.97 Å². The lowest BCUT2D eigenvalue weighted by Crippen LogP contribution is -2.62. The van der Waals surface area contributed by atoms with E-state index in [0.717, 1.165) is 31.5 Å². The van der Waals surface area contributed by atoms with Crippen LogP contribution in [0.1, 0.15) is 56.9 Å². The van der Waals surface area contributed by atoms with Crippen LogP contribution in [0.15, 0.2) is 30.5 Å². The summed E-state index contributed by atoms with van der Waals surface area (Å²) >= 11 is 0. The minimum absolute atomic E-state index is 0.00628.